The zero-order valence-corrected chi connectivity index (χ0v) is 41.6. The van der Waals surface area contributed by atoms with E-state index in [0.29, 0.717) is 69.8 Å². The number of hydrogen-bond acceptors (Lipinski definition) is 11. The van der Waals surface area contributed by atoms with Crippen LogP contribution in [-0.2, 0) is 48.0 Å². The van der Waals surface area contributed by atoms with Crippen LogP contribution in [0.1, 0.15) is 96.0 Å². The maximum absolute atomic E-state index is 14.7. The normalized spacial score (nSPS) is 21.5. The van der Waals surface area contributed by atoms with Gasteiger partial charge in [-0.15, -0.1) is 11.3 Å². The molecule has 3 fully saturated rings. The molecule has 1 spiro atoms. The number of hydrogen-bond donors (Lipinski definition) is 2. The number of likely N-dealkylation sites (tertiary alicyclic amines) is 2. The molecule has 17 heteroatoms. The highest BCUT2D eigenvalue weighted by atomic mass is 32.1. The van der Waals surface area contributed by atoms with Crippen molar-refractivity contribution < 1.29 is 33.4 Å². The highest BCUT2D eigenvalue weighted by Gasteiger charge is 2.49. The average molecular weight is 950 g/mol. The number of methoxy groups -OCH3 is 1. The van der Waals surface area contributed by atoms with Crippen molar-refractivity contribution >= 4 is 52.0 Å². The zero-order valence-electron chi connectivity index (χ0n) is 40.8. The number of esters is 1. The Hall–Kier alpha value is -5.65. The van der Waals surface area contributed by atoms with E-state index in [1.165, 1.54) is 27.3 Å². The van der Waals surface area contributed by atoms with Gasteiger partial charge in [0.25, 0.3) is 5.91 Å². The number of aryl methyl sites for hydroxylation is 1. The molecule has 16 nitrogen and oxygen atoms in total. The summed E-state index contributed by atoms with van der Waals surface area (Å²) in [5.41, 5.74) is 9.03. The van der Waals surface area contributed by atoms with Gasteiger partial charge in [-0.2, -0.15) is 0 Å². The van der Waals surface area contributed by atoms with Crippen molar-refractivity contribution in [3.63, 3.8) is 0 Å². The number of thiazole rings is 1. The van der Waals surface area contributed by atoms with Crippen molar-refractivity contribution in [2.24, 2.45) is 11.3 Å². The molecular formula is C51H67N9O7S. The molecule has 68 heavy (non-hydrogen) atoms. The Morgan fingerprint density at radius 3 is 2.53 bits per heavy atom. The lowest BCUT2D eigenvalue weighted by Gasteiger charge is -2.56. The van der Waals surface area contributed by atoms with Gasteiger partial charge in [0.2, 0.25) is 11.8 Å². The number of nitrogens with zero attached hydrogens (tertiary/aromatic N) is 7. The van der Waals surface area contributed by atoms with E-state index in [1.807, 2.05) is 37.1 Å². The second kappa shape index (κ2) is 19.8. The molecule has 1 aromatic carbocycles. The van der Waals surface area contributed by atoms with Crippen molar-refractivity contribution in [3.8, 4) is 22.5 Å². The molecule has 0 radical (unpaired) electrons. The quantitative estimate of drug-likeness (QED) is 0.139. The monoisotopic (exact) mass is 949 g/mol. The molecule has 4 aliphatic rings. The maximum Gasteiger partial charge on any atom is 0.324 e. The maximum atomic E-state index is 14.7. The van der Waals surface area contributed by atoms with E-state index in [0.717, 1.165) is 51.1 Å². The standard InChI is InChI=1S/C51H67N9O7S/c1-10-42(61)59-25-20-51(59)18-23-57(24-19-51)49(65)56(8)44(31(3)4)46(62)54-38-27-41-53-39(29-68-41)33-16-17-40-35(26-33)36(45(58(40)11-2)34-14-12-21-52-43(34)32(5)66-9)28-50(6,7)30-67-48(64)37-15-13-22-60(55-37)47(38)63/h10,12,14,16-17,21,26,29,31-32,37-38,44,55H,1,11,13,15,18-20,22-25,27-28,30H2,2-9H3,(H,54,62)/t32-,37-,38-,44-/m0/s1. The summed E-state index contributed by atoms with van der Waals surface area (Å²) in [5, 5.41) is 8.16. The Morgan fingerprint density at radius 1 is 1.10 bits per heavy atom. The fraction of sp³-hybridized carbons (Fsp3) is 0.549. The lowest BCUT2D eigenvalue weighted by Crippen LogP contribution is -2.67. The molecule has 7 heterocycles. The number of aromatic nitrogens is 3. The third-order valence-electron chi connectivity index (χ3n) is 14.6. The molecule has 0 aliphatic carbocycles. The van der Waals surface area contributed by atoms with Crippen LogP contribution in [0.4, 0.5) is 4.79 Å². The lowest BCUT2D eigenvalue weighted by atomic mass is 9.76. The minimum atomic E-state index is -1.08. The predicted octanol–water partition coefficient (Wildman–Crippen LogP) is 6.53. The number of ether oxygens (including phenoxy) is 2. The van der Waals surface area contributed by atoms with E-state index in [1.54, 1.807) is 25.3 Å². The van der Waals surface area contributed by atoms with Gasteiger partial charge in [-0.1, -0.05) is 40.3 Å². The number of amides is 5. The molecule has 0 saturated carbocycles. The van der Waals surface area contributed by atoms with E-state index in [-0.39, 0.29) is 42.5 Å². The first-order valence-corrected chi connectivity index (χ1v) is 25.0. The largest absolute Gasteiger partial charge is 0.464 e. The van der Waals surface area contributed by atoms with Gasteiger partial charge < -0.3 is 34.1 Å². The predicted molar refractivity (Wildman–Crippen MR) is 261 cm³/mol. The number of fused-ring (bicyclic) bond motifs is 6. The second-order valence-corrected chi connectivity index (χ2v) is 21.0. The van der Waals surface area contributed by atoms with Crippen LogP contribution >= 0.6 is 11.3 Å². The van der Waals surface area contributed by atoms with Crippen LogP contribution in [0.2, 0.25) is 0 Å². The third-order valence-corrected chi connectivity index (χ3v) is 15.4. The van der Waals surface area contributed by atoms with E-state index >= 15 is 0 Å². The molecule has 4 aliphatic heterocycles. The van der Waals surface area contributed by atoms with Gasteiger partial charge >= 0.3 is 12.0 Å². The summed E-state index contributed by atoms with van der Waals surface area (Å²) in [5.74, 6) is -1.73. The first-order valence-electron chi connectivity index (χ1n) is 24.1. The van der Waals surface area contributed by atoms with E-state index in [9.17, 15) is 24.0 Å². The Labute approximate surface area is 403 Å². The molecule has 4 aromatic rings. The van der Waals surface area contributed by atoms with Crippen LogP contribution in [0.15, 0.2) is 54.6 Å². The summed E-state index contributed by atoms with van der Waals surface area (Å²) in [6.07, 6.45) is 6.73. The highest BCUT2D eigenvalue weighted by molar-refractivity contribution is 7.10. The van der Waals surface area contributed by atoms with Gasteiger partial charge in [0.05, 0.1) is 34.8 Å². The van der Waals surface area contributed by atoms with Crippen molar-refractivity contribution in [3.05, 3.63) is 70.8 Å². The molecule has 4 atom stereocenters. The fourth-order valence-corrected chi connectivity index (χ4v) is 11.6. The summed E-state index contributed by atoms with van der Waals surface area (Å²) < 4.78 is 14.3. The van der Waals surface area contributed by atoms with Crippen LogP contribution in [0.5, 0.6) is 0 Å². The Bertz CT molecular complexity index is 2580. The van der Waals surface area contributed by atoms with Crippen LogP contribution < -0.4 is 10.7 Å². The van der Waals surface area contributed by atoms with Crippen molar-refractivity contribution in [2.75, 3.05) is 46.9 Å². The number of piperidine rings is 1. The summed E-state index contributed by atoms with van der Waals surface area (Å²) in [6.45, 7) is 18.5. The van der Waals surface area contributed by atoms with E-state index < -0.39 is 41.3 Å². The van der Waals surface area contributed by atoms with Crippen LogP contribution in [0.3, 0.4) is 0 Å². The number of benzene rings is 1. The molecule has 6 bridgehead atoms. The number of carbonyl (C=O) groups excluding carboxylic acids is 5. The van der Waals surface area contributed by atoms with Gasteiger partial charge in [-0.3, -0.25) is 29.2 Å². The Morgan fingerprint density at radius 2 is 1.85 bits per heavy atom. The molecule has 3 aromatic heterocycles. The van der Waals surface area contributed by atoms with Crippen LogP contribution in [-0.4, -0.2) is 135 Å². The number of urea groups is 1. The molecule has 0 unspecified atom stereocenters. The van der Waals surface area contributed by atoms with Gasteiger partial charge in [-0.25, -0.2) is 15.2 Å². The summed E-state index contributed by atoms with van der Waals surface area (Å²) in [6, 6.07) is 7.37. The first kappa shape index (κ1) is 48.8. The number of cyclic esters (lactones) is 1. The lowest BCUT2D eigenvalue weighted by molar-refractivity contribution is -0.155. The minimum absolute atomic E-state index is 0.0820. The Kier molecular flexibility index (Phi) is 14.2. The number of rotatable bonds is 9. The first-order chi connectivity index (χ1) is 32.5. The number of carbonyl (C=O) groups is 5. The number of nitrogens with one attached hydrogen (secondary N) is 2. The molecule has 5 amide bonds. The third kappa shape index (κ3) is 9.40. The van der Waals surface area contributed by atoms with Crippen LogP contribution in [0, 0.1) is 11.3 Å². The van der Waals surface area contributed by atoms with E-state index in [4.69, 9.17) is 19.4 Å². The average Bonchev–Trinajstić information content (AvgIpc) is 3.93. The van der Waals surface area contributed by atoms with Crippen LogP contribution in [0.25, 0.3) is 33.4 Å². The van der Waals surface area contributed by atoms with Crippen molar-refractivity contribution in [2.45, 2.75) is 123 Å². The summed E-state index contributed by atoms with van der Waals surface area (Å²) >= 11 is 1.41. The topological polar surface area (TPSA) is 172 Å². The number of hydrazine groups is 1. The Balaban J connectivity index is 1.12. The van der Waals surface area contributed by atoms with Gasteiger partial charge in [0.1, 0.15) is 18.1 Å². The second-order valence-electron chi connectivity index (χ2n) is 20.0. The van der Waals surface area contributed by atoms with E-state index in [2.05, 4.69) is 66.9 Å². The van der Waals surface area contributed by atoms with Crippen molar-refractivity contribution in [1.29, 1.82) is 0 Å². The molecule has 8 rings (SSSR count). The molecule has 2 N–H and O–H groups in total. The smallest absolute Gasteiger partial charge is 0.324 e. The minimum Gasteiger partial charge on any atom is -0.464 e. The number of pyridine rings is 1. The fourth-order valence-electron chi connectivity index (χ4n) is 10.7. The summed E-state index contributed by atoms with van der Waals surface area (Å²) in [7, 11) is 3.32. The molecule has 364 valence electrons. The van der Waals surface area contributed by atoms with Gasteiger partial charge in [0, 0.05) is 97.9 Å². The highest BCUT2D eigenvalue weighted by Crippen LogP contribution is 2.43. The van der Waals surface area contributed by atoms with Gasteiger partial charge in [0.15, 0.2) is 0 Å². The van der Waals surface area contributed by atoms with Crippen molar-refractivity contribution in [1.82, 2.24) is 45.0 Å². The van der Waals surface area contributed by atoms with Gasteiger partial charge in [-0.05, 0) is 94.2 Å². The number of likely N-dealkylation sites (N-methyl/N-ethyl adjacent to an activating group) is 1. The molecular weight excluding hydrogens is 883 g/mol. The summed E-state index contributed by atoms with van der Waals surface area (Å²) in [4.78, 5) is 84.8. The zero-order chi connectivity index (χ0) is 48.7. The molecule has 3 saturated heterocycles. The SMILES string of the molecule is C=CC(=O)N1CCC12CCN(C(=O)N(C)[C@H](C(=O)N[C@H]1Cc3nc(cs3)-c3ccc4c(c3)c(c(-c3cccnc3[C@H](C)OC)n4CC)CC(C)(C)COC(=O)[C@@H]3CCCN(N3)C1=O)C(C)C)CC2.